The van der Waals surface area contributed by atoms with Crippen LogP contribution in [0, 0.1) is 0 Å². The first-order valence-electron chi connectivity index (χ1n) is 6.34. The van der Waals surface area contributed by atoms with Crippen molar-refractivity contribution in [3.8, 4) is 0 Å². The van der Waals surface area contributed by atoms with Crippen LogP contribution in [0.15, 0.2) is 10.7 Å². The molecular weight excluding hydrogens is 296 g/mol. The molecule has 1 aromatic rings. The van der Waals surface area contributed by atoms with Gasteiger partial charge in [-0.1, -0.05) is 0 Å². The summed E-state index contributed by atoms with van der Waals surface area (Å²) in [4.78, 5) is 11.0. The second-order valence-corrected chi connectivity index (χ2v) is 5.32. The van der Waals surface area contributed by atoms with Crippen LogP contribution in [0.4, 0.5) is 11.8 Å². The molecule has 1 atom stereocenters. The minimum atomic E-state index is 0.225. The fourth-order valence-electron chi connectivity index (χ4n) is 2.41. The molecule has 1 saturated heterocycles. The number of hydrogen-bond donors (Lipinski definition) is 2. The maximum absolute atomic E-state index is 9.17. The number of nitrogens with one attached hydrogen (secondary N) is 1. The standard InChI is InChI=1S/C12H19BrN4O/c1-14-12-15-8-10(13)11(16-12)17-6-3-2-4-9(17)5-7-18/h8-9,18H,2-7H2,1H3,(H,14,15,16). The first kappa shape index (κ1) is 13.5. The average molecular weight is 315 g/mol. The molecule has 0 spiro atoms. The van der Waals surface area contributed by atoms with E-state index >= 15 is 0 Å². The van der Waals surface area contributed by atoms with Gasteiger partial charge >= 0.3 is 0 Å². The monoisotopic (exact) mass is 314 g/mol. The number of halogens is 1. The Hall–Kier alpha value is -0.880. The van der Waals surface area contributed by atoms with Gasteiger partial charge in [-0.25, -0.2) is 4.98 Å². The number of nitrogens with zero attached hydrogens (tertiary/aromatic N) is 3. The van der Waals surface area contributed by atoms with Crippen molar-refractivity contribution in [3.63, 3.8) is 0 Å². The SMILES string of the molecule is CNc1ncc(Br)c(N2CCCCC2CCO)n1. The quantitative estimate of drug-likeness (QED) is 0.890. The van der Waals surface area contributed by atoms with E-state index in [9.17, 15) is 0 Å². The largest absolute Gasteiger partial charge is 0.396 e. The highest BCUT2D eigenvalue weighted by molar-refractivity contribution is 9.10. The van der Waals surface area contributed by atoms with Gasteiger partial charge in [0.05, 0.1) is 4.47 Å². The molecule has 2 heterocycles. The van der Waals surface area contributed by atoms with E-state index in [0.717, 1.165) is 29.7 Å². The molecule has 0 amide bonds. The van der Waals surface area contributed by atoms with Crippen molar-refractivity contribution in [2.24, 2.45) is 0 Å². The third-order valence-electron chi connectivity index (χ3n) is 3.31. The number of hydrogen-bond acceptors (Lipinski definition) is 5. The molecule has 1 aliphatic rings. The fraction of sp³-hybridized carbons (Fsp3) is 0.667. The molecule has 2 rings (SSSR count). The molecule has 0 bridgehead atoms. The fourth-order valence-corrected chi connectivity index (χ4v) is 2.83. The van der Waals surface area contributed by atoms with E-state index in [1.54, 1.807) is 6.20 Å². The zero-order valence-corrected chi connectivity index (χ0v) is 12.2. The first-order valence-corrected chi connectivity index (χ1v) is 7.13. The summed E-state index contributed by atoms with van der Waals surface area (Å²) < 4.78 is 0.909. The van der Waals surface area contributed by atoms with Crippen molar-refractivity contribution in [2.75, 3.05) is 30.4 Å². The van der Waals surface area contributed by atoms with Crippen molar-refractivity contribution in [1.82, 2.24) is 9.97 Å². The molecule has 0 saturated carbocycles. The molecule has 0 radical (unpaired) electrons. The Morgan fingerprint density at radius 3 is 3.11 bits per heavy atom. The second kappa shape index (κ2) is 6.33. The van der Waals surface area contributed by atoms with Gasteiger partial charge in [-0.05, 0) is 41.6 Å². The lowest BCUT2D eigenvalue weighted by atomic mass is 10.00. The number of rotatable bonds is 4. The van der Waals surface area contributed by atoms with Crippen molar-refractivity contribution in [3.05, 3.63) is 10.7 Å². The van der Waals surface area contributed by atoms with Crippen molar-refractivity contribution in [1.29, 1.82) is 0 Å². The minimum absolute atomic E-state index is 0.225. The minimum Gasteiger partial charge on any atom is -0.396 e. The molecule has 1 unspecified atom stereocenters. The van der Waals surface area contributed by atoms with Crippen LogP contribution in [0.2, 0.25) is 0 Å². The normalized spacial score (nSPS) is 19.9. The second-order valence-electron chi connectivity index (χ2n) is 4.47. The highest BCUT2D eigenvalue weighted by Crippen LogP contribution is 2.30. The van der Waals surface area contributed by atoms with Crippen LogP contribution < -0.4 is 10.2 Å². The predicted octanol–water partition coefficient (Wildman–Crippen LogP) is 2.02. The Bertz CT molecular complexity index is 400. The van der Waals surface area contributed by atoms with Crippen molar-refractivity contribution < 1.29 is 5.11 Å². The van der Waals surface area contributed by atoms with E-state index in [2.05, 4.69) is 36.1 Å². The Morgan fingerprint density at radius 1 is 1.56 bits per heavy atom. The Morgan fingerprint density at radius 2 is 2.39 bits per heavy atom. The lowest BCUT2D eigenvalue weighted by Crippen LogP contribution is -2.41. The molecular formula is C12H19BrN4O. The van der Waals surface area contributed by atoms with E-state index in [-0.39, 0.29) is 6.61 Å². The van der Waals surface area contributed by atoms with Crippen LogP contribution >= 0.6 is 15.9 Å². The summed E-state index contributed by atoms with van der Waals surface area (Å²) in [6.07, 6.45) is 6.09. The van der Waals surface area contributed by atoms with E-state index < -0.39 is 0 Å². The third kappa shape index (κ3) is 2.92. The van der Waals surface area contributed by atoms with E-state index in [1.807, 2.05) is 7.05 Å². The van der Waals surface area contributed by atoms with Gasteiger partial charge in [-0.3, -0.25) is 0 Å². The van der Waals surface area contributed by atoms with Crippen LogP contribution in [0.5, 0.6) is 0 Å². The zero-order chi connectivity index (χ0) is 13.0. The number of piperidine rings is 1. The van der Waals surface area contributed by atoms with Crippen LogP contribution in [-0.4, -0.2) is 41.3 Å². The molecule has 0 aliphatic carbocycles. The Labute approximate surface area is 116 Å². The van der Waals surface area contributed by atoms with Crippen LogP contribution in [0.25, 0.3) is 0 Å². The number of anilines is 2. The lowest BCUT2D eigenvalue weighted by Gasteiger charge is -2.37. The van der Waals surface area contributed by atoms with Gasteiger partial charge in [0.2, 0.25) is 5.95 Å². The van der Waals surface area contributed by atoms with Crippen LogP contribution in [0.1, 0.15) is 25.7 Å². The van der Waals surface area contributed by atoms with Gasteiger partial charge < -0.3 is 15.3 Å². The molecule has 6 heteroatoms. The molecule has 100 valence electrons. The van der Waals surface area contributed by atoms with Gasteiger partial charge in [0.1, 0.15) is 5.82 Å². The van der Waals surface area contributed by atoms with E-state index in [0.29, 0.717) is 12.0 Å². The van der Waals surface area contributed by atoms with Crippen molar-refractivity contribution >= 4 is 27.7 Å². The molecule has 5 nitrogen and oxygen atoms in total. The predicted molar refractivity (Wildman–Crippen MR) is 76.0 cm³/mol. The van der Waals surface area contributed by atoms with Gasteiger partial charge in [0.15, 0.2) is 0 Å². The molecule has 1 fully saturated rings. The van der Waals surface area contributed by atoms with Crippen molar-refractivity contribution in [2.45, 2.75) is 31.7 Å². The van der Waals surface area contributed by atoms with Gasteiger partial charge in [0.25, 0.3) is 0 Å². The first-order chi connectivity index (χ1) is 8.76. The highest BCUT2D eigenvalue weighted by Gasteiger charge is 2.25. The number of aliphatic hydroxyl groups excluding tert-OH is 1. The van der Waals surface area contributed by atoms with Crippen LogP contribution in [0.3, 0.4) is 0 Å². The van der Waals surface area contributed by atoms with Gasteiger partial charge in [-0.15, -0.1) is 0 Å². The summed E-state index contributed by atoms with van der Waals surface area (Å²) in [6.45, 7) is 1.21. The summed E-state index contributed by atoms with van der Waals surface area (Å²) in [5, 5.41) is 12.1. The summed E-state index contributed by atoms with van der Waals surface area (Å²) in [5.74, 6) is 1.55. The topological polar surface area (TPSA) is 61.3 Å². The maximum Gasteiger partial charge on any atom is 0.224 e. The number of aliphatic hydroxyl groups is 1. The lowest BCUT2D eigenvalue weighted by molar-refractivity contribution is 0.262. The molecule has 2 N–H and O–H groups in total. The Balaban J connectivity index is 2.26. The average Bonchev–Trinajstić information content (AvgIpc) is 2.41. The summed E-state index contributed by atoms with van der Waals surface area (Å²) in [7, 11) is 1.81. The van der Waals surface area contributed by atoms with Gasteiger partial charge in [-0.2, -0.15) is 4.98 Å². The summed E-state index contributed by atoms with van der Waals surface area (Å²) in [6, 6.07) is 0.375. The zero-order valence-electron chi connectivity index (χ0n) is 10.6. The summed E-state index contributed by atoms with van der Waals surface area (Å²) >= 11 is 3.52. The van der Waals surface area contributed by atoms with E-state index in [1.165, 1.54) is 12.8 Å². The summed E-state index contributed by atoms with van der Waals surface area (Å²) in [5.41, 5.74) is 0. The Kier molecular flexibility index (Phi) is 4.77. The molecule has 1 aliphatic heterocycles. The van der Waals surface area contributed by atoms with Crippen LogP contribution in [-0.2, 0) is 0 Å². The maximum atomic E-state index is 9.17. The molecule has 1 aromatic heterocycles. The molecule has 0 aromatic carbocycles. The highest BCUT2D eigenvalue weighted by atomic mass is 79.9. The number of aromatic nitrogens is 2. The smallest absolute Gasteiger partial charge is 0.224 e. The molecule has 18 heavy (non-hydrogen) atoms. The van der Waals surface area contributed by atoms with Gasteiger partial charge in [0, 0.05) is 32.4 Å². The van der Waals surface area contributed by atoms with E-state index in [4.69, 9.17) is 5.11 Å². The third-order valence-corrected chi connectivity index (χ3v) is 3.87.